The number of anilines is 1. The quantitative estimate of drug-likeness (QED) is 0.260. The lowest BCUT2D eigenvalue weighted by Crippen LogP contribution is -2.26. The molecule has 0 aliphatic rings. The molecule has 1 aromatic rings. The van der Waals surface area contributed by atoms with E-state index in [1.807, 2.05) is 6.07 Å². The number of carboxylic acids is 1. The number of amides is 1. The van der Waals surface area contributed by atoms with Crippen molar-refractivity contribution < 1.29 is 19.5 Å². The molecule has 132 valence electrons. The van der Waals surface area contributed by atoms with Crippen LogP contribution in [0.15, 0.2) is 36.0 Å². The highest BCUT2D eigenvalue weighted by molar-refractivity contribution is 5.97. The number of nitrogens with one attached hydrogen (secondary N) is 2. The van der Waals surface area contributed by atoms with Gasteiger partial charge in [-0.3, -0.25) is 14.4 Å². The number of carboxylic acid groups (broad SMARTS) is 1. The Morgan fingerprint density at radius 2 is 2.00 bits per heavy atom. The maximum Gasteiger partial charge on any atom is 0.303 e. The predicted molar refractivity (Wildman–Crippen MR) is 92.9 cm³/mol. The molecule has 1 amide bonds. The summed E-state index contributed by atoms with van der Waals surface area (Å²) in [5.41, 5.74) is 1.04. The number of aliphatic carboxylic acids is 1. The molecule has 0 atom stereocenters. The Labute approximate surface area is 146 Å². The van der Waals surface area contributed by atoms with Crippen molar-refractivity contribution >= 4 is 23.3 Å². The number of hydrogen-bond acceptors (Lipinski definition) is 5. The number of ketones is 1. The molecule has 0 radical (unpaired) electrons. The van der Waals surface area contributed by atoms with Gasteiger partial charge in [0.2, 0.25) is 0 Å². The second kappa shape index (κ2) is 10.6. The number of nitriles is 1. The maximum atomic E-state index is 11.9. The fraction of sp³-hybridized carbons (Fsp3) is 0.333. The molecule has 0 aliphatic carbocycles. The first-order valence-corrected chi connectivity index (χ1v) is 7.92. The Bertz CT molecular complexity index is 705. The molecule has 0 saturated heterocycles. The third-order valence-electron chi connectivity index (χ3n) is 3.37. The Kier molecular flexibility index (Phi) is 8.44. The van der Waals surface area contributed by atoms with E-state index in [-0.39, 0.29) is 17.8 Å². The molecular weight excluding hydrogens is 322 g/mol. The second-order valence-electron chi connectivity index (χ2n) is 5.41. The molecule has 1 rings (SSSR count). The summed E-state index contributed by atoms with van der Waals surface area (Å²) >= 11 is 0. The SMILES string of the molecule is CC(=O)c1cccc(N/C=C(/C#N)C(=O)NCCCCCC(=O)O)c1. The van der Waals surface area contributed by atoms with Crippen LogP contribution in [0, 0.1) is 11.3 Å². The van der Waals surface area contributed by atoms with Crippen molar-refractivity contribution in [3.63, 3.8) is 0 Å². The van der Waals surface area contributed by atoms with E-state index in [2.05, 4.69) is 10.6 Å². The van der Waals surface area contributed by atoms with Gasteiger partial charge < -0.3 is 15.7 Å². The first-order valence-electron chi connectivity index (χ1n) is 7.92. The molecule has 3 N–H and O–H groups in total. The maximum absolute atomic E-state index is 11.9. The molecule has 25 heavy (non-hydrogen) atoms. The molecule has 0 bridgehead atoms. The molecule has 0 aromatic heterocycles. The monoisotopic (exact) mass is 343 g/mol. The summed E-state index contributed by atoms with van der Waals surface area (Å²) in [5, 5.41) is 23.1. The van der Waals surface area contributed by atoms with Gasteiger partial charge in [0, 0.05) is 30.4 Å². The van der Waals surface area contributed by atoms with Crippen molar-refractivity contribution in [1.82, 2.24) is 5.32 Å². The number of rotatable bonds is 10. The van der Waals surface area contributed by atoms with E-state index in [1.165, 1.54) is 13.1 Å². The zero-order valence-corrected chi connectivity index (χ0v) is 14.0. The molecule has 0 spiro atoms. The fourth-order valence-corrected chi connectivity index (χ4v) is 2.01. The number of benzene rings is 1. The highest BCUT2D eigenvalue weighted by Gasteiger charge is 2.08. The van der Waals surface area contributed by atoms with Crippen LogP contribution in [-0.2, 0) is 9.59 Å². The molecule has 1 aromatic carbocycles. The van der Waals surface area contributed by atoms with Gasteiger partial charge in [-0.2, -0.15) is 5.26 Å². The minimum atomic E-state index is -0.835. The van der Waals surface area contributed by atoms with Gasteiger partial charge in [-0.25, -0.2) is 0 Å². The zero-order valence-electron chi connectivity index (χ0n) is 14.0. The van der Waals surface area contributed by atoms with E-state index in [9.17, 15) is 14.4 Å². The lowest BCUT2D eigenvalue weighted by Gasteiger charge is -2.06. The number of carbonyl (C=O) groups is 3. The van der Waals surface area contributed by atoms with Crippen LogP contribution in [0.4, 0.5) is 5.69 Å². The Balaban J connectivity index is 2.49. The summed E-state index contributed by atoms with van der Waals surface area (Å²) in [6.45, 7) is 1.83. The van der Waals surface area contributed by atoms with Crippen molar-refractivity contribution in [2.24, 2.45) is 0 Å². The van der Waals surface area contributed by atoms with Gasteiger partial charge in [-0.05, 0) is 31.9 Å². The number of Topliss-reactive ketones (excluding diaryl/α,β-unsaturated/α-hetero) is 1. The molecule has 0 heterocycles. The average Bonchev–Trinajstić information content (AvgIpc) is 2.58. The van der Waals surface area contributed by atoms with Crippen LogP contribution in [0.25, 0.3) is 0 Å². The van der Waals surface area contributed by atoms with Gasteiger partial charge in [0.1, 0.15) is 11.6 Å². The van der Waals surface area contributed by atoms with E-state index >= 15 is 0 Å². The number of unbranched alkanes of at least 4 members (excludes halogenated alkanes) is 2. The van der Waals surface area contributed by atoms with E-state index in [0.717, 1.165) is 0 Å². The molecule has 0 saturated carbocycles. The standard InChI is InChI=1S/C18H21N3O4/c1-13(22)14-6-5-7-16(10-14)21-12-15(11-19)18(25)20-9-4-2-3-8-17(23)24/h5-7,10,12,21H,2-4,8-9H2,1H3,(H,20,25)(H,23,24)/b15-12-. The third kappa shape index (κ3) is 7.79. The summed E-state index contributed by atoms with van der Waals surface area (Å²) in [5.74, 6) is -1.41. The first-order chi connectivity index (χ1) is 11.9. The minimum Gasteiger partial charge on any atom is -0.481 e. The van der Waals surface area contributed by atoms with Crippen LogP contribution in [0.2, 0.25) is 0 Å². The van der Waals surface area contributed by atoms with Crippen molar-refractivity contribution in [1.29, 1.82) is 5.26 Å². The number of hydrogen-bond donors (Lipinski definition) is 3. The Morgan fingerprint density at radius 1 is 1.24 bits per heavy atom. The van der Waals surface area contributed by atoms with Crippen LogP contribution in [-0.4, -0.2) is 29.3 Å². The van der Waals surface area contributed by atoms with E-state index in [0.29, 0.717) is 37.1 Å². The molecule has 7 nitrogen and oxygen atoms in total. The largest absolute Gasteiger partial charge is 0.481 e. The van der Waals surface area contributed by atoms with E-state index in [1.54, 1.807) is 24.3 Å². The molecule has 0 unspecified atom stereocenters. The van der Waals surface area contributed by atoms with Gasteiger partial charge in [-0.15, -0.1) is 0 Å². The van der Waals surface area contributed by atoms with Crippen LogP contribution in [0.3, 0.4) is 0 Å². The van der Waals surface area contributed by atoms with Crippen molar-refractivity contribution in [2.45, 2.75) is 32.6 Å². The van der Waals surface area contributed by atoms with Crippen LogP contribution in [0.5, 0.6) is 0 Å². The van der Waals surface area contributed by atoms with Crippen LogP contribution < -0.4 is 10.6 Å². The van der Waals surface area contributed by atoms with E-state index < -0.39 is 11.9 Å². The molecule has 7 heteroatoms. The lowest BCUT2D eigenvalue weighted by atomic mass is 10.1. The van der Waals surface area contributed by atoms with Crippen molar-refractivity contribution in [3.8, 4) is 6.07 Å². The minimum absolute atomic E-state index is 0.0752. The highest BCUT2D eigenvalue weighted by atomic mass is 16.4. The highest BCUT2D eigenvalue weighted by Crippen LogP contribution is 2.11. The van der Waals surface area contributed by atoms with Crippen molar-refractivity contribution in [2.75, 3.05) is 11.9 Å². The van der Waals surface area contributed by atoms with Gasteiger partial charge in [0.05, 0.1) is 0 Å². The van der Waals surface area contributed by atoms with Crippen LogP contribution >= 0.6 is 0 Å². The average molecular weight is 343 g/mol. The lowest BCUT2D eigenvalue weighted by molar-refractivity contribution is -0.137. The second-order valence-corrected chi connectivity index (χ2v) is 5.41. The van der Waals surface area contributed by atoms with Gasteiger partial charge in [-0.1, -0.05) is 18.6 Å². The summed E-state index contributed by atoms with van der Waals surface area (Å²) in [4.78, 5) is 33.6. The Hall–Kier alpha value is -3.14. The molecular formula is C18H21N3O4. The normalized spacial score (nSPS) is 10.6. The summed E-state index contributed by atoms with van der Waals surface area (Å²) in [6.07, 6.45) is 3.29. The van der Waals surface area contributed by atoms with Gasteiger partial charge >= 0.3 is 5.97 Å². The fourth-order valence-electron chi connectivity index (χ4n) is 2.01. The smallest absolute Gasteiger partial charge is 0.303 e. The van der Waals surface area contributed by atoms with Crippen molar-refractivity contribution in [3.05, 3.63) is 41.6 Å². The number of carbonyl (C=O) groups excluding carboxylic acids is 2. The number of nitrogens with zero attached hydrogens (tertiary/aromatic N) is 1. The topological polar surface area (TPSA) is 119 Å². The van der Waals surface area contributed by atoms with E-state index in [4.69, 9.17) is 10.4 Å². The van der Waals surface area contributed by atoms with Gasteiger partial charge in [0.15, 0.2) is 5.78 Å². The summed E-state index contributed by atoms with van der Waals surface area (Å²) < 4.78 is 0. The first kappa shape index (κ1) is 19.9. The zero-order chi connectivity index (χ0) is 18.7. The Morgan fingerprint density at radius 3 is 2.64 bits per heavy atom. The van der Waals surface area contributed by atoms with Crippen LogP contribution in [0.1, 0.15) is 43.0 Å². The summed E-state index contributed by atoms with van der Waals surface area (Å²) in [6, 6.07) is 8.56. The summed E-state index contributed by atoms with van der Waals surface area (Å²) in [7, 11) is 0. The molecule has 0 fully saturated rings. The van der Waals surface area contributed by atoms with Gasteiger partial charge in [0.25, 0.3) is 5.91 Å². The predicted octanol–water partition coefficient (Wildman–Crippen LogP) is 2.47. The molecule has 0 aliphatic heterocycles. The third-order valence-corrected chi connectivity index (χ3v) is 3.37.